The third-order valence-electron chi connectivity index (χ3n) is 4.77. The third-order valence-corrected chi connectivity index (χ3v) is 8.48. The van der Waals surface area contributed by atoms with Gasteiger partial charge in [0.2, 0.25) is 6.17 Å². The van der Waals surface area contributed by atoms with Crippen LogP contribution in [0.3, 0.4) is 0 Å². The number of alkyl halides is 3. The summed E-state index contributed by atoms with van der Waals surface area (Å²) in [6, 6.07) is 32.6. The average molecular weight is 577 g/mol. The Labute approximate surface area is 218 Å². The Morgan fingerprint density at radius 2 is 1.08 bits per heavy atom. The molecule has 37 heavy (non-hydrogen) atoms. The minimum absolute atomic E-state index is 0.323. The van der Waals surface area contributed by atoms with Gasteiger partial charge in [-0.3, -0.25) is 4.18 Å². The van der Waals surface area contributed by atoms with Crippen molar-refractivity contribution in [3.8, 4) is 0 Å². The van der Waals surface area contributed by atoms with Crippen LogP contribution in [-0.2, 0) is 52.6 Å². The van der Waals surface area contributed by atoms with E-state index in [2.05, 4.69) is 95.2 Å². The minimum Gasteiger partial charge on any atom is -0.743 e. The molecule has 0 aliphatic rings. The van der Waals surface area contributed by atoms with Gasteiger partial charge in [-0.25, -0.2) is 12.8 Å². The number of hydrogen-bond acceptors (Lipinski definition) is 6. The van der Waals surface area contributed by atoms with Crippen LogP contribution in [0.5, 0.6) is 0 Å². The highest BCUT2D eigenvalue weighted by Crippen LogP contribution is 2.27. The molecule has 1 unspecified atom stereocenters. The van der Waals surface area contributed by atoms with Gasteiger partial charge in [0.25, 0.3) is 10.1 Å². The first-order valence-corrected chi connectivity index (χ1v) is 15.8. The smallest absolute Gasteiger partial charge is 0.367 e. The monoisotopic (exact) mass is 576 g/mol. The molecular formula is C25H27F3O6S3. The van der Waals surface area contributed by atoms with E-state index in [1.807, 2.05) is 0 Å². The fraction of sp³-hybridized carbons (Fsp3) is 0.280. The van der Waals surface area contributed by atoms with Crippen molar-refractivity contribution in [1.82, 2.24) is 0 Å². The first kappa shape index (κ1) is 30.8. The molecule has 3 rings (SSSR count). The average Bonchev–Trinajstić information content (AvgIpc) is 2.83. The van der Waals surface area contributed by atoms with Crippen LogP contribution in [0.4, 0.5) is 13.2 Å². The Balaban J connectivity index is 0.000000283. The fourth-order valence-corrected chi connectivity index (χ4v) is 6.07. The predicted octanol–water partition coefficient (Wildman–Crippen LogP) is 4.64. The molecule has 0 spiro atoms. The summed E-state index contributed by atoms with van der Waals surface area (Å²) in [6.07, 6.45) is -3.10. The summed E-state index contributed by atoms with van der Waals surface area (Å²) in [5, 5.41) is -5.22. The summed E-state index contributed by atoms with van der Waals surface area (Å²) >= 11 is 0. The zero-order valence-electron chi connectivity index (χ0n) is 19.9. The Bertz CT molecular complexity index is 1190. The normalized spacial score (nSPS) is 13.0. The van der Waals surface area contributed by atoms with Crippen LogP contribution in [0.25, 0.3) is 0 Å². The van der Waals surface area contributed by atoms with Crippen LogP contribution in [0.15, 0.2) is 91.0 Å². The summed E-state index contributed by atoms with van der Waals surface area (Å²) in [7, 11) is -10.1. The quantitative estimate of drug-likeness (QED) is 0.187. The van der Waals surface area contributed by atoms with E-state index in [0.717, 1.165) is 17.3 Å². The molecule has 0 bridgehead atoms. The van der Waals surface area contributed by atoms with Gasteiger partial charge in [0.15, 0.2) is 10.1 Å². The van der Waals surface area contributed by atoms with Gasteiger partial charge in [-0.1, -0.05) is 91.0 Å². The minimum atomic E-state index is -6.20. The lowest BCUT2D eigenvalue weighted by Crippen LogP contribution is -2.41. The topological polar surface area (TPSA) is 101 Å². The second kappa shape index (κ2) is 14.0. The third kappa shape index (κ3) is 11.3. The lowest BCUT2D eigenvalue weighted by molar-refractivity contribution is -0.0215. The largest absolute Gasteiger partial charge is 0.743 e. The maximum absolute atomic E-state index is 12.5. The molecule has 202 valence electrons. The Morgan fingerprint density at radius 1 is 0.757 bits per heavy atom. The summed E-state index contributed by atoms with van der Waals surface area (Å²) < 4.78 is 90.9. The highest BCUT2D eigenvalue weighted by molar-refractivity contribution is 7.94. The van der Waals surface area contributed by atoms with Gasteiger partial charge in [-0.2, -0.15) is 17.2 Å². The van der Waals surface area contributed by atoms with Crippen molar-refractivity contribution in [3.05, 3.63) is 108 Å². The van der Waals surface area contributed by atoms with E-state index in [9.17, 15) is 34.6 Å². The van der Waals surface area contributed by atoms with Gasteiger partial charge in [0.05, 0.1) is 6.26 Å². The molecule has 0 radical (unpaired) electrons. The zero-order valence-corrected chi connectivity index (χ0v) is 22.3. The first-order chi connectivity index (χ1) is 17.3. The lowest BCUT2D eigenvalue weighted by atomic mass is 10.2. The van der Waals surface area contributed by atoms with Crippen LogP contribution in [-0.4, -0.2) is 45.7 Å². The van der Waals surface area contributed by atoms with E-state index >= 15 is 0 Å². The van der Waals surface area contributed by atoms with Crippen molar-refractivity contribution in [2.75, 3.05) is 12.9 Å². The molecule has 0 N–H and O–H groups in total. The van der Waals surface area contributed by atoms with E-state index in [0.29, 0.717) is 17.2 Å². The molecule has 0 heterocycles. The highest BCUT2D eigenvalue weighted by Gasteiger charge is 2.47. The number of hydrogen-bond donors (Lipinski definition) is 0. The van der Waals surface area contributed by atoms with Crippen LogP contribution in [0.1, 0.15) is 16.7 Å². The van der Waals surface area contributed by atoms with Crippen molar-refractivity contribution < 1.29 is 38.7 Å². The van der Waals surface area contributed by atoms with Gasteiger partial charge in [0, 0.05) is 27.6 Å². The molecule has 0 aliphatic heterocycles. The van der Waals surface area contributed by atoms with Gasteiger partial charge >= 0.3 is 5.25 Å². The highest BCUT2D eigenvalue weighted by atomic mass is 32.2. The van der Waals surface area contributed by atoms with Crippen LogP contribution in [0, 0.1) is 0 Å². The molecule has 1 atom stereocenters. The Hall–Kier alpha value is -2.38. The van der Waals surface area contributed by atoms with Gasteiger partial charge < -0.3 is 4.55 Å². The van der Waals surface area contributed by atoms with Crippen molar-refractivity contribution in [2.45, 2.75) is 28.7 Å². The fourth-order valence-electron chi connectivity index (χ4n) is 3.02. The number of rotatable bonds is 11. The van der Waals surface area contributed by atoms with Crippen molar-refractivity contribution in [2.24, 2.45) is 0 Å². The van der Waals surface area contributed by atoms with Gasteiger partial charge in [-0.05, 0) is 0 Å². The van der Waals surface area contributed by atoms with E-state index in [1.165, 1.54) is 16.7 Å². The molecule has 0 saturated heterocycles. The number of halogens is 3. The SMILES string of the molecule is CS(=O)(=O)OCC(F)C(F)(F)S(=O)(=O)[O-].c1ccc(C[S+](Cc2ccccc2)Cc2ccccc2)cc1. The Morgan fingerprint density at radius 3 is 1.35 bits per heavy atom. The summed E-state index contributed by atoms with van der Waals surface area (Å²) in [5.41, 5.74) is 4.33. The van der Waals surface area contributed by atoms with Crippen LogP contribution in [0.2, 0.25) is 0 Å². The molecule has 0 saturated carbocycles. The van der Waals surface area contributed by atoms with Gasteiger partial charge in [-0.15, -0.1) is 0 Å². The summed E-state index contributed by atoms with van der Waals surface area (Å²) in [5.74, 6) is 3.47. The van der Waals surface area contributed by atoms with Crippen LogP contribution >= 0.6 is 0 Å². The first-order valence-electron chi connectivity index (χ1n) is 10.9. The van der Waals surface area contributed by atoms with E-state index in [4.69, 9.17) is 0 Å². The second-order valence-electron chi connectivity index (χ2n) is 7.97. The molecule has 6 nitrogen and oxygen atoms in total. The van der Waals surface area contributed by atoms with Gasteiger partial charge in [0.1, 0.15) is 23.9 Å². The Kier molecular flexibility index (Phi) is 11.6. The molecular weight excluding hydrogens is 549 g/mol. The molecule has 0 aromatic heterocycles. The number of benzene rings is 3. The van der Waals surface area contributed by atoms with Crippen molar-refractivity contribution >= 4 is 31.1 Å². The molecule has 3 aromatic carbocycles. The standard InChI is InChI=1S/C21H21S.C4H7F3O6S2/c1-4-10-19(11-5-1)16-22(17-20-12-6-2-7-13-20)18-21-14-8-3-9-15-21;1-14(8,9)13-2-3(5)4(6,7)15(10,11)12/h1-15H,16-18H2;3H,2H2,1H3,(H,10,11,12)/q+1;/p-1. The van der Waals surface area contributed by atoms with Crippen LogP contribution < -0.4 is 0 Å². The predicted molar refractivity (Wildman–Crippen MR) is 138 cm³/mol. The van der Waals surface area contributed by atoms with Crippen molar-refractivity contribution in [1.29, 1.82) is 0 Å². The second-order valence-corrected chi connectivity index (χ2v) is 13.2. The lowest BCUT2D eigenvalue weighted by Gasteiger charge is -2.22. The summed E-state index contributed by atoms with van der Waals surface area (Å²) in [4.78, 5) is 0. The maximum Gasteiger partial charge on any atom is 0.367 e. The summed E-state index contributed by atoms with van der Waals surface area (Å²) in [6.45, 7) is -1.74. The van der Waals surface area contributed by atoms with Crippen molar-refractivity contribution in [3.63, 3.8) is 0 Å². The van der Waals surface area contributed by atoms with E-state index in [-0.39, 0.29) is 0 Å². The maximum atomic E-state index is 12.5. The van der Waals surface area contributed by atoms with E-state index in [1.54, 1.807) is 0 Å². The van der Waals surface area contributed by atoms with E-state index < -0.39 is 38.3 Å². The molecule has 3 aromatic rings. The molecule has 0 aliphatic carbocycles. The zero-order chi connectivity index (χ0) is 27.5. The molecule has 12 heteroatoms. The molecule has 0 amide bonds. The molecule has 0 fully saturated rings.